The zero-order valence-corrected chi connectivity index (χ0v) is 14.6. The highest BCUT2D eigenvalue weighted by Gasteiger charge is 2.22. The van der Waals surface area contributed by atoms with Crippen molar-refractivity contribution in [3.8, 4) is 5.75 Å². The fourth-order valence-corrected chi connectivity index (χ4v) is 2.48. The lowest BCUT2D eigenvalue weighted by Gasteiger charge is -2.14. The van der Waals surface area contributed by atoms with Crippen molar-refractivity contribution in [2.75, 3.05) is 12.4 Å². The first-order chi connectivity index (χ1) is 12.5. The summed E-state index contributed by atoms with van der Waals surface area (Å²) >= 11 is 0. The summed E-state index contributed by atoms with van der Waals surface area (Å²) in [6.45, 7) is 3.19. The molecule has 0 fully saturated rings. The van der Waals surface area contributed by atoms with E-state index in [0.717, 1.165) is 10.8 Å². The van der Waals surface area contributed by atoms with Crippen molar-refractivity contribution in [1.29, 1.82) is 0 Å². The molecule has 0 radical (unpaired) electrons. The van der Waals surface area contributed by atoms with Crippen LogP contribution in [0.3, 0.4) is 0 Å². The van der Waals surface area contributed by atoms with Gasteiger partial charge in [-0.05, 0) is 36.8 Å². The van der Waals surface area contributed by atoms with Gasteiger partial charge >= 0.3 is 5.97 Å². The number of rotatable bonds is 5. The number of ether oxygens (including phenoxy) is 2. The lowest BCUT2D eigenvalue weighted by atomic mass is 10.1. The number of nitrogens with zero attached hydrogens (tertiary/aromatic N) is 1. The normalized spacial score (nSPS) is 11.8. The number of carbonyl (C=O) groups excluding carboxylic acids is 2. The molecule has 26 heavy (non-hydrogen) atoms. The smallest absolute Gasteiger partial charge is 0.342 e. The van der Waals surface area contributed by atoms with Gasteiger partial charge in [0.25, 0.3) is 5.91 Å². The van der Waals surface area contributed by atoms with Gasteiger partial charge in [-0.15, -0.1) is 0 Å². The van der Waals surface area contributed by atoms with E-state index in [1.165, 1.54) is 14.0 Å². The first kappa shape index (κ1) is 17.5. The second-order valence-corrected chi connectivity index (χ2v) is 5.76. The largest absolute Gasteiger partial charge is 0.496 e. The first-order valence-electron chi connectivity index (χ1n) is 8.00. The summed E-state index contributed by atoms with van der Waals surface area (Å²) in [5.41, 5.74) is 0.253. The molecule has 7 nitrogen and oxygen atoms in total. The molecule has 0 aliphatic rings. The van der Waals surface area contributed by atoms with Crippen molar-refractivity contribution in [3.63, 3.8) is 0 Å². The Morgan fingerprint density at radius 2 is 1.85 bits per heavy atom. The monoisotopic (exact) mass is 354 g/mol. The van der Waals surface area contributed by atoms with E-state index in [-0.39, 0.29) is 11.4 Å². The molecule has 0 saturated heterocycles. The number of hydrogen-bond acceptors (Lipinski definition) is 6. The maximum Gasteiger partial charge on any atom is 0.342 e. The number of aromatic nitrogens is 1. The van der Waals surface area contributed by atoms with E-state index in [0.29, 0.717) is 11.5 Å². The van der Waals surface area contributed by atoms with Gasteiger partial charge in [0.2, 0.25) is 0 Å². The molecule has 3 rings (SSSR count). The van der Waals surface area contributed by atoms with Crippen molar-refractivity contribution < 1.29 is 23.6 Å². The highest BCUT2D eigenvalue weighted by molar-refractivity contribution is 6.01. The summed E-state index contributed by atoms with van der Waals surface area (Å²) in [5.74, 6) is 0.0518. The van der Waals surface area contributed by atoms with Crippen LogP contribution < -0.4 is 10.1 Å². The summed E-state index contributed by atoms with van der Waals surface area (Å²) in [5, 5.41) is 8.00. The maximum absolute atomic E-state index is 12.5. The quantitative estimate of drug-likeness (QED) is 0.707. The van der Waals surface area contributed by atoms with Gasteiger partial charge in [-0.25, -0.2) is 4.79 Å². The molecule has 0 saturated carbocycles. The number of hydrogen-bond donors (Lipinski definition) is 1. The molecule has 1 N–H and O–H groups in total. The van der Waals surface area contributed by atoms with E-state index in [2.05, 4.69) is 10.5 Å². The van der Waals surface area contributed by atoms with Crippen LogP contribution in [0.1, 0.15) is 23.0 Å². The van der Waals surface area contributed by atoms with Gasteiger partial charge in [0.1, 0.15) is 17.1 Å². The Bertz CT molecular complexity index is 963. The molecule has 1 unspecified atom stereocenters. The van der Waals surface area contributed by atoms with Crippen LogP contribution in [0, 0.1) is 6.92 Å². The number of carbonyl (C=O) groups is 2. The van der Waals surface area contributed by atoms with Gasteiger partial charge in [-0.1, -0.05) is 29.4 Å². The molecular weight excluding hydrogens is 336 g/mol. The number of amides is 1. The Labute approximate surface area is 149 Å². The number of fused-ring (bicyclic) bond motifs is 1. The number of esters is 1. The molecule has 1 amide bonds. The van der Waals surface area contributed by atoms with Crippen molar-refractivity contribution in [1.82, 2.24) is 5.16 Å². The van der Waals surface area contributed by atoms with E-state index < -0.39 is 18.0 Å². The molecule has 2 aromatic carbocycles. The highest BCUT2D eigenvalue weighted by atomic mass is 16.5. The van der Waals surface area contributed by atoms with Crippen LogP contribution in [0.25, 0.3) is 10.8 Å². The van der Waals surface area contributed by atoms with E-state index in [1.54, 1.807) is 25.1 Å². The number of aryl methyl sites for hydroxylation is 1. The summed E-state index contributed by atoms with van der Waals surface area (Å²) in [4.78, 5) is 24.7. The van der Waals surface area contributed by atoms with Crippen LogP contribution in [0.4, 0.5) is 5.82 Å². The van der Waals surface area contributed by atoms with E-state index >= 15 is 0 Å². The van der Waals surface area contributed by atoms with Crippen LogP contribution in [0.2, 0.25) is 0 Å². The van der Waals surface area contributed by atoms with Crippen molar-refractivity contribution in [3.05, 3.63) is 53.8 Å². The van der Waals surface area contributed by atoms with Crippen molar-refractivity contribution in [2.45, 2.75) is 20.0 Å². The second kappa shape index (κ2) is 7.26. The molecule has 7 heteroatoms. The molecule has 1 atom stereocenters. The van der Waals surface area contributed by atoms with E-state index in [9.17, 15) is 9.59 Å². The lowest BCUT2D eigenvalue weighted by Crippen LogP contribution is -2.30. The molecule has 0 aliphatic carbocycles. The Morgan fingerprint density at radius 1 is 1.15 bits per heavy atom. The molecule has 134 valence electrons. The minimum atomic E-state index is -1.02. The zero-order valence-electron chi connectivity index (χ0n) is 14.6. The summed E-state index contributed by atoms with van der Waals surface area (Å²) < 4.78 is 15.4. The fraction of sp³-hybridized carbons (Fsp3) is 0.211. The summed E-state index contributed by atoms with van der Waals surface area (Å²) in [6, 6.07) is 12.6. The molecule has 1 aromatic heterocycles. The highest BCUT2D eigenvalue weighted by Crippen LogP contribution is 2.27. The first-order valence-corrected chi connectivity index (χ1v) is 8.00. The Hall–Kier alpha value is -3.35. The number of benzene rings is 2. The third-order valence-electron chi connectivity index (χ3n) is 3.82. The molecule has 0 aliphatic heterocycles. The SMILES string of the molecule is COc1cc2ccccc2cc1C(=O)OC(C)C(=O)Nc1cc(C)on1. The molecular formula is C19H18N2O5. The Morgan fingerprint density at radius 3 is 2.46 bits per heavy atom. The zero-order chi connectivity index (χ0) is 18.7. The molecule has 3 aromatic rings. The predicted molar refractivity (Wildman–Crippen MR) is 95.2 cm³/mol. The lowest BCUT2D eigenvalue weighted by molar-refractivity contribution is -0.123. The van der Waals surface area contributed by atoms with Gasteiger partial charge in [0, 0.05) is 6.07 Å². The number of anilines is 1. The van der Waals surface area contributed by atoms with Crippen LogP contribution in [-0.4, -0.2) is 30.2 Å². The van der Waals surface area contributed by atoms with Gasteiger partial charge in [-0.2, -0.15) is 0 Å². The van der Waals surface area contributed by atoms with Crippen molar-refractivity contribution in [2.24, 2.45) is 0 Å². The summed E-state index contributed by atoms with van der Waals surface area (Å²) in [6.07, 6.45) is -1.02. The third-order valence-corrected chi connectivity index (χ3v) is 3.82. The molecule has 0 spiro atoms. The Kier molecular flexibility index (Phi) is 4.88. The average Bonchev–Trinajstić information content (AvgIpc) is 3.05. The fourth-order valence-electron chi connectivity index (χ4n) is 2.48. The maximum atomic E-state index is 12.5. The molecule has 0 bridgehead atoms. The molecule has 1 heterocycles. The summed E-state index contributed by atoms with van der Waals surface area (Å²) in [7, 11) is 1.48. The topological polar surface area (TPSA) is 90.7 Å². The standard InChI is InChI=1S/C19H18N2O5/c1-11-8-17(21-26-11)20-18(22)12(2)25-19(23)15-9-13-6-4-5-7-14(13)10-16(15)24-3/h4-10,12H,1-3H3,(H,20,21,22). The van der Waals surface area contributed by atoms with Crippen LogP contribution in [0.15, 0.2) is 47.0 Å². The second-order valence-electron chi connectivity index (χ2n) is 5.76. The number of nitrogens with one attached hydrogen (secondary N) is 1. The number of methoxy groups -OCH3 is 1. The third kappa shape index (κ3) is 3.66. The van der Waals surface area contributed by atoms with E-state index in [1.807, 2.05) is 24.3 Å². The Balaban J connectivity index is 1.76. The van der Waals surface area contributed by atoms with Gasteiger partial charge in [0.05, 0.1) is 7.11 Å². The van der Waals surface area contributed by atoms with E-state index in [4.69, 9.17) is 14.0 Å². The van der Waals surface area contributed by atoms with Crippen molar-refractivity contribution >= 4 is 28.5 Å². The average molecular weight is 354 g/mol. The van der Waals surface area contributed by atoms with Gasteiger partial charge < -0.3 is 19.3 Å². The minimum absolute atomic E-state index is 0.253. The van der Waals surface area contributed by atoms with Crippen LogP contribution >= 0.6 is 0 Å². The van der Waals surface area contributed by atoms with Crippen LogP contribution in [0.5, 0.6) is 5.75 Å². The van der Waals surface area contributed by atoms with Crippen LogP contribution in [-0.2, 0) is 9.53 Å². The van der Waals surface area contributed by atoms with Gasteiger partial charge in [-0.3, -0.25) is 4.79 Å². The minimum Gasteiger partial charge on any atom is -0.496 e. The predicted octanol–water partition coefficient (Wildman–Crippen LogP) is 3.33. The van der Waals surface area contributed by atoms with Gasteiger partial charge in [0.15, 0.2) is 11.9 Å².